The Morgan fingerprint density at radius 2 is 1.66 bits per heavy atom. The SMILES string of the molecule is Cc1ccc(NC(=O)CN2C(=O)[C@@]3(N[C@@H](C)[C@H]4C(=O)N(c5ccc(Br)cc5)C(=O)[C@H]43)c3ccccc32)cc1. The van der Waals surface area contributed by atoms with Gasteiger partial charge in [0.05, 0.1) is 17.5 Å². The molecule has 9 heteroatoms. The highest BCUT2D eigenvalue weighted by atomic mass is 79.9. The Bertz CT molecular complexity index is 1490. The van der Waals surface area contributed by atoms with E-state index in [1.807, 2.05) is 26.0 Å². The first-order chi connectivity index (χ1) is 18.2. The van der Waals surface area contributed by atoms with Crippen LogP contribution in [0.15, 0.2) is 77.3 Å². The van der Waals surface area contributed by atoms with Crippen LogP contribution in [0, 0.1) is 18.8 Å². The standard InChI is InChI=1S/C29H25BrN4O4/c1-16-7-11-19(12-8-16)31-23(35)15-33-22-6-4-3-5-21(22)29(28(33)38)25-24(17(2)32-29)26(36)34(27(25)37)20-13-9-18(30)10-14-20/h3-14,17,24-25,32H,15H2,1-2H3,(H,31,35)/t17-,24+,25-,29+/m0/s1. The highest BCUT2D eigenvalue weighted by Gasteiger charge is 2.71. The fourth-order valence-electron chi connectivity index (χ4n) is 6.09. The van der Waals surface area contributed by atoms with Crippen molar-refractivity contribution < 1.29 is 19.2 Å². The van der Waals surface area contributed by atoms with E-state index in [-0.39, 0.29) is 18.4 Å². The average Bonchev–Trinajstić information content (AvgIpc) is 3.44. The molecule has 3 heterocycles. The Morgan fingerprint density at radius 3 is 2.37 bits per heavy atom. The van der Waals surface area contributed by atoms with E-state index in [9.17, 15) is 19.2 Å². The molecule has 0 aliphatic carbocycles. The summed E-state index contributed by atoms with van der Waals surface area (Å²) in [6, 6.07) is 21.1. The Morgan fingerprint density at radius 1 is 0.974 bits per heavy atom. The van der Waals surface area contributed by atoms with Crippen molar-refractivity contribution in [2.24, 2.45) is 11.8 Å². The zero-order valence-corrected chi connectivity index (χ0v) is 22.4. The topological polar surface area (TPSA) is 98.8 Å². The predicted octanol–water partition coefficient (Wildman–Crippen LogP) is 3.74. The molecule has 2 fully saturated rings. The van der Waals surface area contributed by atoms with Crippen molar-refractivity contribution in [3.05, 3.63) is 88.4 Å². The molecule has 3 aromatic carbocycles. The van der Waals surface area contributed by atoms with Crippen molar-refractivity contribution in [2.45, 2.75) is 25.4 Å². The third-order valence-electron chi connectivity index (χ3n) is 7.74. The van der Waals surface area contributed by atoms with Crippen LogP contribution in [-0.4, -0.2) is 36.2 Å². The minimum absolute atomic E-state index is 0.225. The number of benzene rings is 3. The summed E-state index contributed by atoms with van der Waals surface area (Å²) in [5.74, 6) is -3.18. The van der Waals surface area contributed by atoms with E-state index >= 15 is 0 Å². The number of para-hydroxylation sites is 1. The van der Waals surface area contributed by atoms with Crippen LogP contribution in [0.1, 0.15) is 18.1 Å². The molecule has 3 aliphatic heterocycles. The van der Waals surface area contributed by atoms with E-state index in [0.29, 0.717) is 22.6 Å². The van der Waals surface area contributed by atoms with Crippen LogP contribution in [0.2, 0.25) is 0 Å². The van der Waals surface area contributed by atoms with Crippen molar-refractivity contribution in [1.29, 1.82) is 0 Å². The third-order valence-corrected chi connectivity index (χ3v) is 8.26. The number of hydrogen-bond donors (Lipinski definition) is 2. The van der Waals surface area contributed by atoms with Crippen molar-refractivity contribution in [2.75, 3.05) is 21.7 Å². The number of rotatable bonds is 4. The average molecular weight is 573 g/mol. The molecule has 3 aromatic rings. The lowest BCUT2D eigenvalue weighted by atomic mass is 9.76. The first-order valence-corrected chi connectivity index (χ1v) is 13.2. The summed E-state index contributed by atoms with van der Waals surface area (Å²) in [4.78, 5) is 57.4. The van der Waals surface area contributed by atoms with Gasteiger partial charge in [0.25, 0.3) is 5.91 Å². The molecular weight excluding hydrogens is 548 g/mol. The van der Waals surface area contributed by atoms with Crippen LogP contribution >= 0.6 is 15.9 Å². The number of carbonyl (C=O) groups excluding carboxylic acids is 4. The van der Waals surface area contributed by atoms with Crippen molar-refractivity contribution >= 4 is 56.6 Å². The van der Waals surface area contributed by atoms with E-state index in [1.165, 1.54) is 9.80 Å². The molecule has 0 radical (unpaired) electrons. The van der Waals surface area contributed by atoms with Gasteiger partial charge in [-0.3, -0.25) is 24.5 Å². The normalized spacial score (nSPS) is 25.8. The van der Waals surface area contributed by atoms with Gasteiger partial charge in [-0.25, -0.2) is 4.90 Å². The quantitative estimate of drug-likeness (QED) is 0.464. The van der Waals surface area contributed by atoms with Crippen molar-refractivity contribution in [3.8, 4) is 0 Å². The van der Waals surface area contributed by atoms with E-state index in [2.05, 4.69) is 26.6 Å². The monoisotopic (exact) mass is 572 g/mol. The summed E-state index contributed by atoms with van der Waals surface area (Å²) >= 11 is 3.39. The van der Waals surface area contributed by atoms with Gasteiger partial charge in [0.2, 0.25) is 17.7 Å². The molecule has 38 heavy (non-hydrogen) atoms. The van der Waals surface area contributed by atoms with Gasteiger partial charge in [0.15, 0.2) is 0 Å². The smallest absolute Gasteiger partial charge is 0.253 e. The summed E-state index contributed by atoms with van der Waals surface area (Å²) in [5, 5.41) is 6.18. The Hall–Kier alpha value is -3.82. The number of aryl methyl sites for hydroxylation is 1. The second kappa shape index (κ2) is 8.89. The van der Waals surface area contributed by atoms with Crippen LogP contribution < -0.4 is 20.4 Å². The van der Waals surface area contributed by atoms with E-state index in [0.717, 1.165) is 10.0 Å². The summed E-state index contributed by atoms with van der Waals surface area (Å²) in [5.41, 5.74) is 1.88. The lowest BCUT2D eigenvalue weighted by Gasteiger charge is -2.30. The van der Waals surface area contributed by atoms with Crippen LogP contribution in [0.4, 0.5) is 17.1 Å². The van der Waals surface area contributed by atoms with Gasteiger partial charge in [-0.05, 0) is 56.3 Å². The van der Waals surface area contributed by atoms with Gasteiger partial charge in [0.1, 0.15) is 12.1 Å². The van der Waals surface area contributed by atoms with Crippen LogP contribution in [-0.2, 0) is 24.7 Å². The van der Waals surface area contributed by atoms with E-state index < -0.39 is 35.2 Å². The van der Waals surface area contributed by atoms with Gasteiger partial charge >= 0.3 is 0 Å². The number of hydrogen-bond acceptors (Lipinski definition) is 5. The number of nitrogens with zero attached hydrogens (tertiary/aromatic N) is 2. The molecule has 2 N–H and O–H groups in total. The maximum Gasteiger partial charge on any atom is 0.253 e. The summed E-state index contributed by atoms with van der Waals surface area (Å²) in [6.45, 7) is 3.56. The molecule has 4 atom stereocenters. The first-order valence-electron chi connectivity index (χ1n) is 12.4. The number of carbonyl (C=O) groups is 4. The minimum atomic E-state index is -1.44. The molecule has 0 unspecified atom stereocenters. The maximum atomic E-state index is 14.2. The van der Waals surface area contributed by atoms with Crippen LogP contribution in [0.5, 0.6) is 0 Å². The summed E-state index contributed by atoms with van der Waals surface area (Å²) < 4.78 is 0.825. The molecular formula is C29H25BrN4O4. The maximum absolute atomic E-state index is 14.2. The Labute approximate surface area is 228 Å². The summed E-state index contributed by atoms with van der Waals surface area (Å²) in [6.07, 6.45) is 0. The second-order valence-corrected chi connectivity index (χ2v) is 11.0. The molecule has 0 saturated carbocycles. The van der Waals surface area contributed by atoms with E-state index in [1.54, 1.807) is 60.7 Å². The molecule has 0 bridgehead atoms. The van der Waals surface area contributed by atoms with Gasteiger partial charge in [-0.15, -0.1) is 0 Å². The molecule has 0 aromatic heterocycles. The number of fused-ring (bicyclic) bond motifs is 4. The zero-order valence-electron chi connectivity index (χ0n) is 20.8. The van der Waals surface area contributed by atoms with Crippen LogP contribution in [0.3, 0.4) is 0 Å². The number of imide groups is 1. The lowest BCUT2D eigenvalue weighted by Crippen LogP contribution is -2.55. The summed E-state index contributed by atoms with van der Waals surface area (Å²) in [7, 11) is 0. The Balaban J connectivity index is 1.36. The van der Waals surface area contributed by atoms with Gasteiger partial charge in [0, 0.05) is 27.5 Å². The molecule has 3 aliphatic rings. The van der Waals surface area contributed by atoms with Crippen LogP contribution in [0.25, 0.3) is 0 Å². The largest absolute Gasteiger partial charge is 0.325 e. The molecule has 192 valence electrons. The minimum Gasteiger partial charge on any atom is -0.325 e. The first kappa shape index (κ1) is 24.5. The molecule has 4 amide bonds. The zero-order chi connectivity index (χ0) is 26.8. The van der Waals surface area contributed by atoms with Gasteiger partial charge in [-0.2, -0.15) is 0 Å². The molecule has 6 rings (SSSR count). The third kappa shape index (κ3) is 3.53. The molecule has 2 saturated heterocycles. The lowest BCUT2D eigenvalue weighted by molar-refractivity contribution is -0.132. The number of nitrogens with one attached hydrogen (secondary N) is 2. The highest BCUT2D eigenvalue weighted by Crippen LogP contribution is 2.55. The van der Waals surface area contributed by atoms with Crippen molar-refractivity contribution in [1.82, 2.24) is 5.32 Å². The fraction of sp³-hybridized carbons (Fsp3) is 0.241. The highest BCUT2D eigenvalue weighted by molar-refractivity contribution is 9.10. The fourth-order valence-corrected chi connectivity index (χ4v) is 6.36. The second-order valence-electron chi connectivity index (χ2n) is 10.1. The van der Waals surface area contributed by atoms with Gasteiger partial charge in [-0.1, -0.05) is 51.8 Å². The van der Waals surface area contributed by atoms with Crippen molar-refractivity contribution in [3.63, 3.8) is 0 Å². The Kier molecular flexibility index (Phi) is 5.73. The number of amides is 4. The molecule has 8 nitrogen and oxygen atoms in total. The number of halogens is 1. The molecule has 1 spiro atoms. The number of anilines is 3. The van der Waals surface area contributed by atoms with Gasteiger partial charge < -0.3 is 10.2 Å². The predicted molar refractivity (Wildman–Crippen MR) is 146 cm³/mol. The van der Waals surface area contributed by atoms with E-state index in [4.69, 9.17) is 0 Å².